The van der Waals surface area contributed by atoms with Crippen LogP contribution in [0.15, 0.2) is 24.3 Å². The lowest BCUT2D eigenvalue weighted by Gasteiger charge is -2.27. The molecule has 2 fully saturated rings. The van der Waals surface area contributed by atoms with Gasteiger partial charge in [0, 0.05) is 30.4 Å². The number of nitrogens with zero attached hydrogens (tertiary/aromatic N) is 1. The van der Waals surface area contributed by atoms with Crippen LogP contribution in [0.3, 0.4) is 0 Å². The van der Waals surface area contributed by atoms with Crippen LogP contribution in [0.5, 0.6) is 0 Å². The van der Waals surface area contributed by atoms with Gasteiger partial charge in [-0.25, -0.2) is 4.79 Å². The van der Waals surface area contributed by atoms with Crippen LogP contribution in [-0.2, 0) is 4.79 Å². The molecule has 128 valence electrons. The van der Waals surface area contributed by atoms with Crippen LogP contribution in [0.1, 0.15) is 36.0 Å². The van der Waals surface area contributed by atoms with Crippen molar-refractivity contribution in [1.82, 2.24) is 10.6 Å². The van der Waals surface area contributed by atoms with Crippen molar-refractivity contribution >= 4 is 23.5 Å². The molecule has 1 saturated heterocycles. The molecule has 0 spiro atoms. The van der Waals surface area contributed by atoms with E-state index in [1.807, 2.05) is 0 Å². The molecule has 2 aliphatic rings. The highest BCUT2D eigenvalue weighted by Gasteiger charge is 2.32. The lowest BCUT2D eigenvalue weighted by Crippen LogP contribution is -2.46. The Morgan fingerprint density at radius 1 is 1.17 bits per heavy atom. The zero-order valence-corrected chi connectivity index (χ0v) is 13.5. The third-order valence-corrected chi connectivity index (χ3v) is 4.72. The van der Waals surface area contributed by atoms with Crippen LogP contribution in [-0.4, -0.2) is 37.0 Å². The Kier molecular flexibility index (Phi) is 4.69. The molecule has 1 aromatic carbocycles. The van der Waals surface area contributed by atoms with Gasteiger partial charge in [-0.2, -0.15) is 0 Å². The number of carbonyl (C=O) groups is 3. The Balaban J connectivity index is 1.65. The van der Waals surface area contributed by atoms with Gasteiger partial charge in [-0.3, -0.25) is 14.5 Å². The van der Waals surface area contributed by atoms with E-state index in [0.717, 1.165) is 31.4 Å². The zero-order valence-electron chi connectivity index (χ0n) is 13.5. The molecule has 1 saturated carbocycles. The normalized spacial score (nSPS) is 23.7. The molecular formula is C17H22N4O3. The van der Waals surface area contributed by atoms with Gasteiger partial charge < -0.3 is 16.4 Å². The van der Waals surface area contributed by atoms with Gasteiger partial charge in [0.25, 0.3) is 5.91 Å². The fourth-order valence-corrected chi connectivity index (χ4v) is 3.39. The molecule has 1 heterocycles. The summed E-state index contributed by atoms with van der Waals surface area (Å²) in [6.45, 7) is 1.36. The van der Waals surface area contributed by atoms with Crippen LogP contribution in [0.2, 0.25) is 0 Å². The molecule has 3 rings (SSSR count). The average Bonchev–Trinajstić information content (AvgIpc) is 3.04. The van der Waals surface area contributed by atoms with Gasteiger partial charge in [-0.1, -0.05) is 6.42 Å². The van der Waals surface area contributed by atoms with E-state index in [4.69, 9.17) is 5.73 Å². The Morgan fingerprint density at radius 3 is 2.58 bits per heavy atom. The van der Waals surface area contributed by atoms with Crippen LogP contribution < -0.4 is 21.3 Å². The van der Waals surface area contributed by atoms with Crippen molar-refractivity contribution in [2.24, 2.45) is 11.7 Å². The smallest absolute Gasteiger partial charge is 0.321 e. The molecule has 4 N–H and O–H groups in total. The van der Waals surface area contributed by atoms with Gasteiger partial charge in [0.05, 0.1) is 5.92 Å². The Hall–Kier alpha value is -2.57. The Morgan fingerprint density at radius 2 is 1.92 bits per heavy atom. The van der Waals surface area contributed by atoms with Crippen molar-refractivity contribution < 1.29 is 14.4 Å². The van der Waals surface area contributed by atoms with Gasteiger partial charge in [0.15, 0.2) is 0 Å². The molecule has 7 nitrogen and oxygen atoms in total. The van der Waals surface area contributed by atoms with E-state index >= 15 is 0 Å². The highest BCUT2D eigenvalue weighted by Crippen LogP contribution is 2.26. The van der Waals surface area contributed by atoms with Gasteiger partial charge >= 0.3 is 6.03 Å². The number of hydrogen-bond donors (Lipinski definition) is 3. The molecule has 7 heteroatoms. The number of nitrogens with one attached hydrogen (secondary N) is 2. The molecule has 0 bridgehead atoms. The Labute approximate surface area is 140 Å². The third-order valence-electron chi connectivity index (χ3n) is 4.72. The molecule has 1 aliphatic carbocycles. The van der Waals surface area contributed by atoms with Crippen LogP contribution in [0.4, 0.5) is 10.5 Å². The maximum Gasteiger partial charge on any atom is 0.321 e. The van der Waals surface area contributed by atoms with E-state index in [9.17, 15) is 14.4 Å². The molecule has 2 atom stereocenters. The lowest BCUT2D eigenvalue weighted by atomic mass is 10.0. The first-order valence-corrected chi connectivity index (χ1v) is 8.32. The minimum atomic E-state index is -0.357. The van der Waals surface area contributed by atoms with Crippen molar-refractivity contribution in [1.29, 1.82) is 0 Å². The van der Waals surface area contributed by atoms with Crippen molar-refractivity contribution in [2.45, 2.75) is 31.7 Å². The van der Waals surface area contributed by atoms with Crippen molar-refractivity contribution in [3.63, 3.8) is 0 Å². The van der Waals surface area contributed by atoms with E-state index in [1.165, 1.54) is 0 Å². The van der Waals surface area contributed by atoms with Crippen molar-refractivity contribution in [3.05, 3.63) is 29.8 Å². The number of amides is 4. The first-order valence-electron chi connectivity index (χ1n) is 8.32. The standard InChI is InChI=1S/C17H22N4O3/c18-15(22)13-3-1-4-14(13)20-16(23)11-5-7-12(8-6-11)21-10-2-9-19-17(21)24/h5-8,13-14H,1-4,9-10H2,(H2,18,22)(H,19,24)(H,20,23). The SMILES string of the molecule is NC(=O)C1CCCC1NC(=O)c1ccc(N2CCCNC2=O)cc1. The number of carbonyl (C=O) groups excluding carboxylic acids is 3. The minimum Gasteiger partial charge on any atom is -0.369 e. The molecular weight excluding hydrogens is 308 g/mol. The largest absolute Gasteiger partial charge is 0.369 e. The molecule has 2 unspecified atom stereocenters. The maximum atomic E-state index is 12.4. The van der Waals surface area contributed by atoms with E-state index in [-0.39, 0.29) is 29.8 Å². The summed E-state index contributed by atoms with van der Waals surface area (Å²) >= 11 is 0. The number of rotatable bonds is 4. The van der Waals surface area contributed by atoms with Crippen LogP contribution >= 0.6 is 0 Å². The summed E-state index contributed by atoms with van der Waals surface area (Å²) in [7, 11) is 0. The quantitative estimate of drug-likeness (QED) is 0.766. The van der Waals surface area contributed by atoms with Gasteiger partial charge in [-0.15, -0.1) is 0 Å². The van der Waals surface area contributed by atoms with E-state index < -0.39 is 0 Å². The first kappa shape index (κ1) is 16.3. The summed E-state index contributed by atoms with van der Waals surface area (Å²) in [4.78, 5) is 37.3. The summed E-state index contributed by atoms with van der Waals surface area (Å²) < 4.78 is 0. The summed E-state index contributed by atoms with van der Waals surface area (Å²) in [5.74, 6) is -0.864. The highest BCUT2D eigenvalue weighted by molar-refractivity contribution is 5.96. The summed E-state index contributed by atoms with van der Waals surface area (Å²) in [6.07, 6.45) is 3.28. The highest BCUT2D eigenvalue weighted by atomic mass is 16.2. The van der Waals surface area contributed by atoms with Gasteiger partial charge in [0.1, 0.15) is 0 Å². The number of urea groups is 1. The topological polar surface area (TPSA) is 105 Å². The minimum absolute atomic E-state index is 0.117. The lowest BCUT2D eigenvalue weighted by molar-refractivity contribution is -0.122. The summed E-state index contributed by atoms with van der Waals surface area (Å²) in [5.41, 5.74) is 6.65. The molecule has 1 aromatic rings. The number of hydrogen-bond acceptors (Lipinski definition) is 3. The second-order valence-electron chi connectivity index (χ2n) is 6.30. The number of benzene rings is 1. The predicted octanol–water partition coefficient (Wildman–Crippen LogP) is 0.990. The fourth-order valence-electron chi connectivity index (χ4n) is 3.39. The number of nitrogens with two attached hydrogens (primary N) is 1. The summed E-state index contributed by atoms with van der Waals surface area (Å²) in [6, 6.07) is 6.61. The van der Waals surface area contributed by atoms with Crippen LogP contribution in [0, 0.1) is 5.92 Å². The van der Waals surface area contributed by atoms with Crippen LogP contribution in [0.25, 0.3) is 0 Å². The second-order valence-corrected chi connectivity index (χ2v) is 6.30. The average molecular weight is 330 g/mol. The molecule has 1 aliphatic heterocycles. The number of anilines is 1. The predicted molar refractivity (Wildman–Crippen MR) is 89.6 cm³/mol. The second kappa shape index (κ2) is 6.90. The molecule has 0 radical (unpaired) electrons. The molecule has 4 amide bonds. The summed E-state index contributed by atoms with van der Waals surface area (Å²) in [5, 5.41) is 5.70. The van der Waals surface area contributed by atoms with E-state index in [1.54, 1.807) is 29.2 Å². The van der Waals surface area contributed by atoms with E-state index in [2.05, 4.69) is 10.6 Å². The van der Waals surface area contributed by atoms with Crippen molar-refractivity contribution in [3.8, 4) is 0 Å². The molecule has 0 aromatic heterocycles. The van der Waals surface area contributed by atoms with Gasteiger partial charge in [-0.05, 0) is 43.5 Å². The van der Waals surface area contributed by atoms with Gasteiger partial charge in [0.2, 0.25) is 5.91 Å². The zero-order chi connectivity index (χ0) is 17.1. The van der Waals surface area contributed by atoms with Crippen molar-refractivity contribution in [2.75, 3.05) is 18.0 Å². The third kappa shape index (κ3) is 3.34. The Bertz CT molecular complexity index is 644. The first-order chi connectivity index (χ1) is 11.6. The molecule has 24 heavy (non-hydrogen) atoms. The number of primary amides is 1. The van der Waals surface area contributed by atoms with E-state index in [0.29, 0.717) is 18.7 Å². The maximum absolute atomic E-state index is 12.4. The monoisotopic (exact) mass is 330 g/mol. The fraction of sp³-hybridized carbons (Fsp3) is 0.471.